The number of benzene rings is 1. The van der Waals surface area contributed by atoms with Crippen LogP contribution >= 0.6 is 0 Å². The van der Waals surface area contributed by atoms with Gasteiger partial charge in [0.1, 0.15) is 0 Å². The topological polar surface area (TPSA) is 55.1 Å². The summed E-state index contributed by atoms with van der Waals surface area (Å²) < 4.78 is 5.95. The third-order valence-electron chi connectivity index (χ3n) is 4.88. The highest BCUT2D eigenvalue weighted by Crippen LogP contribution is 2.29. The van der Waals surface area contributed by atoms with Crippen LogP contribution in [0.3, 0.4) is 0 Å². The van der Waals surface area contributed by atoms with Gasteiger partial charge in [0.2, 0.25) is 11.8 Å². The van der Waals surface area contributed by atoms with Gasteiger partial charge >= 0.3 is 0 Å². The van der Waals surface area contributed by atoms with Crippen LogP contribution in [0.15, 0.2) is 53.2 Å². The first-order valence-electron chi connectivity index (χ1n) is 8.80. The number of pyridine rings is 1. The Kier molecular flexibility index (Phi) is 4.57. The fourth-order valence-electron chi connectivity index (χ4n) is 3.44. The fourth-order valence-corrected chi connectivity index (χ4v) is 3.44. The van der Waals surface area contributed by atoms with E-state index >= 15 is 0 Å². The summed E-state index contributed by atoms with van der Waals surface area (Å²) in [6, 6.07) is 12.4. The van der Waals surface area contributed by atoms with Gasteiger partial charge in [0.15, 0.2) is 0 Å². The number of piperidine rings is 1. The number of nitrogens with zero attached hydrogens (tertiary/aromatic N) is 4. The van der Waals surface area contributed by atoms with Crippen molar-refractivity contribution in [2.45, 2.75) is 32.2 Å². The Morgan fingerprint density at radius 3 is 2.80 bits per heavy atom. The molecular formula is C20H22N4O. The predicted molar refractivity (Wildman–Crippen MR) is 96.0 cm³/mol. The van der Waals surface area contributed by atoms with Gasteiger partial charge in [-0.15, -0.1) is 10.2 Å². The van der Waals surface area contributed by atoms with E-state index in [0.717, 1.165) is 43.9 Å². The molecule has 1 saturated heterocycles. The van der Waals surface area contributed by atoms with Gasteiger partial charge in [0, 0.05) is 31.0 Å². The molecule has 0 spiro atoms. The van der Waals surface area contributed by atoms with Crippen molar-refractivity contribution in [1.29, 1.82) is 0 Å². The highest BCUT2D eigenvalue weighted by atomic mass is 16.4. The molecule has 1 unspecified atom stereocenters. The molecule has 1 atom stereocenters. The van der Waals surface area contributed by atoms with Crippen LogP contribution in [0, 0.1) is 6.92 Å². The Bertz CT molecular complexity index is 830. The van der Waals surface area contributed by atoms with E-state index in [1.54, 1.807) is 12.4 Å². The van der Waals surface area contributed by atoms with E-state index in [9.17, 15) is 0 Å². The van der Waals surface area contributed by atoms with Crippen LogP contribution in [0.25, 0.3) is 11.5 Å². The van der Waals surface area contributed by atoms with E-state index < -0.39 is 0 Å². The molecule has 0 radical (unpaired) electrons. The molecule has 0 saturated carbocycles. The molecule has 3 heterocycles. The van der Waals surface area contributed by atoms with Crippen molar-refractivity contribution < 1.29 is 4.42 Å². The maximum Gasteiger partial charge on any atom is 0.247 e. The second-order valence-corrected chi connectivity index (χ2v) is 6.68. The van der Waals surface area contributed by atoms with Gasteiger partial charge in [0.05, 0.1) is 5.92 Å². The van der Waals surface area contributed by atoms with Crippen molar-refractivity contribution >= 4 is 0 Å². The molecule has 128 valence electrons. The summed E-state index contributed by atoms with van der Waals surface area (Å²) in [5.74, 6) is 1.63. The molecule has 2 aromatic heterocycles. The predicted octanol–water partition coefficient (Wildman–Crippen LogP) is 3.82. The lowest BCUT2D eigenvalue weighted by atomic mass is 9.97. The molecule has 3 aromatic rings. The molecule has 0 N–H and O–H groups in total. The van der Waals surface area contributed by atoms with Crippen molar-refractivity contribution in [1.82, 2.24) is 20.1 Å². The Morgan fingerprint density at radius 2 is 1.96 bits per heavy atom. The van der Waals surface area contributed by atoms with Gasteiger partial charge < -0.3 is 4.42 Å². The number of hydrogen-bond acceptors (Lipinski definition) is 5. The minimum absolute atomic E-state index is 0.306. The number of rotatable bonds is 4. The van der Waals surface area contributed by atoms with Crippen LogP contribution < -0.4 is 0 Å². The smallest absolute Gasteiger partial charge is 0.247 e. The Balaban J connectivity index is 1.46. The van der Waals surface area contributed by atoms with Gasteiger partial charge in [-0.3, -0.25) is 9.88 Å². The summed E-state index contributed by atoms with van der Waals surface area (Å²) in [5.41, 5.74) is 3.66. The zero-order valence-electron chi connectivity index (χ0n) is 14.4. The Morgan fingerprint density at radius 1 is 1.12 bits per heavy atom. The fraction of sp³-hybridized carbons (Fsp3) is 0.350. The highest BCUT2D eigenvalue weighted by molar-refractivity contribution is 5.50. The maximum absolute atomic E-state index is 5.95. The molecule has 1 fully saturated rings. The lowest BCUT2D eigenvalue weighted by molar-refractivity contribution is 0.186. The summed E-state index contributed by atoms with van der Waals surface area (Å²) in [5, 5.41) is 8.53. The molecule has 0 aliphatic carbocycles. The molecule has 25 heavy (non-hydrogen) atoms. The molecule has 0 bridgehead atoms. The standard InChI is InChI=1S/C20H22N4O/c1-15-5-2-3-6-17(15)13-24-12-4-7-18(14-24)20-23-22-19(25-20)16-8-10-21-11-9-16/h2-3,5-6,8-11,18H,4,7,12-14H2,1H3. The second-order valence-electron chi connectivity index (χ2n) is 6.68. The molecule has 0 amide bonds. The average molecular weight is 334 g/mol. The maximum atomic E-state index is 5.95. The van der Waals surface area contributed by atoms with E-state index in [-0.39, 0.29) is 0 Å². The van der Waals surface area contributed by atoms with E-state index in [1.165, 1.54) is 11.1 Å². The Labute approximate surface area is 147 Å². The third kappa shape index (κ3) is 3.61. The highest BCUT2D eigenvalue weighted by Gasteiger charge is 2.26. The molecule has 1 aromatic carbocycles. The molecule has 5 nitrogen and oxygen atoms in total. The number of aromatic nitrogens is 3. The van der Waals surface area contributed by atoms with Crippen molar-refractivity contribution in [3.63, 3.8) is 0 Å². The molecular weight excluding hydrogens is 312 g/mol. The van der Waals surface area contributed by atoms with E-state index in [0.29, 0.717) is 11.8 Å². The van der Waals surface area contributed by atoms with E-state index in [4.69, 9.17) is 4.42 Å². The first-order valence-corrected chi connectivity index (χ1v) is 8.80. The van der Waals surface area contributed by atoms with Crippen molar-refractivity contribution in [3.8, 4) is 11.5 Å². The zero-order chi connectivity index (χ0) is 17.1. The van der Waals surface area contributed by atoms with Crippen LogP contribution in [0.4, 0.5) is 0 Å². The number of hydrogen-bond donors (Lipinski definition) is 0. The van der Waals surface area contributed by atoms with Gasteiger partial charge in [0.25, 0.3) is 0 Å². The average Bonchev–Trinajstić information content (AvgIpc) is 3.15. The molecule has 1 aliphatic heterocycles. The summed E-state index contributed by atoms with van der Waals surface area (Å²) in [4.78, 5) is 6.52. The number of aryl methyl sites for hydroxylation is 1. The minimum Gasteiger partial charge on any atom is -0.420 e. The van der Waals surface area contributed by atoms with Crippen LogP contribution in [-0.2, 0) is 6.54 Å². The summed E-state index contributed by atoms with van der Waals surface area (Å²) >= 11 is 0. The third-order valence-corrected chi connectivity index (χ3v) is 4.88. The molecule has 1 aliphatic rings. The lowest BCUT2D eigenvalue weighted by Crippen LogP contribution is -2.34. The van der Waals surface area contributed by atoms with Crippen LogP contribution in [0.5, 0.6) is 0 Å². The summed E-state index contributed by atoms with van der Waals surface area (Å²) in [7, 11) is 0. The largest absolute Gasteiger partial charge is 0.420 e. The van der Waals surface area contributed by atoms with E-state index in [1.807, 2.05) is 12.1 Å². The van der Waals surface area contributed by atoms with Gasteiger partial charge in [-0.05, 0) is 49.6 Å². The SMILES string of the molecule is Cc1ccccc1CN1CCCC(c2nnc(-c3ccncc3)o2)C1. The lowest BCUT2D eigenvalue weighted by Gasteiger charge is -2.31. The van der Waals surface area contributed by atoms with Crippen molar-refractivity contribution in [2.24, 2.45) is 0 Å². The summed E-state index contributed by atoms with van der Waals surface area (Å²) in [6.45, 7) is 5.24. The van der Waals surface area contributed by atoms with Gasteiger partial charge in [-0.25, -0.2) is 0 Å². The second kappa shape index (κ2) is 7.15. The van der Waals surface area contributed by atoms with Crippen LogP contribution in [0.1, 0.15) is 35.8 Å². The first kappa shape index (κ1) is 16.0. The number of likely N-dealkylation sites (tertiary alicyclic amines) is 1. The van der Waals surface area contributed by atoms with E-state index in [2.05, 4.69) is 51.3 Å². The molecule has 5 heteroatoms. The van der Waals surface area contributed by atoms with Crippen LogP contribution in [-0.4, -0.2) is 33.2 Å². The van der Waals surface area contributed by atoms with Crippen LogP contribution in [0.2, 0.25) is 0 Å². The minimum atomic E-state index is 0.306. The molecule has 4 rings (SSSR count). The van der Waals surface area contributed by atoms with Gasteiger partial charge in [-0.2, -0.15) is 0 Å². The van der Waals surface area contributed by atoms with Crippen molar-refractivity contribution in [3.05, 3.63) is 65.8 Å². The zero-order valence-corrected chi connectivity index (χ0v) is 14.4. The summed E-state index contributed by atoms with van der Waals surface area (Å²) in [6.07, 6.45) is 5.74. The monoisotopic (exact) mass is 334 g/mol. The quantitative estimate of drug-likeness (QED) is 0.726. The first-order chi connectivity index (χ1) is 12.3. The Hall–Kier alpha value is -2.53. The van der Waals surface area contributed by atoms with Gasteiger partial charge in [-0.1, -0.05) is 24.3 Å². The van der Waals surface area contributed by atoms with Crippen molar-refractivity contribution in [2.75, 3.05) is 13.1 Å². The normalized spacial score (nSPS) is 18.4.